The summed E-state index contributed by atoms with van der Waals surface area (Å²) >= 11 is 0. The summed E-state index contributed by atoms with van der Waals surface area (Å²) in [7, 11) is 0. The minimum absolute atomic E-state index is 0.103. The van der Waals surface area contributed by atoms with Gasteiger partial charge in [-0.25, -0.2) is 4.39 Å². The number of benzene rings is 1. The molecule has 0 saturated carbocycles. The summed E-state index contributed by atoms with van der Waals surface area (Å²) in [6, 6.07) is 11.3. The molecule has 0 unspecified atom stereocenters. The summed E-state index contributed by atoms with van der Waals surface area (Å²) in [5.74, 6) is -0.193. The molecule has 1 heterocycles. The molecular weight excluding hydrogens is 255 g/mol. The van der Waals surface area contributed by atoms with Crippen molar-refractivity contribution in [1.82, 2.24) is 4.57 Å². The molecule has 1 aromatic carbocycles. The summed E-state index contributed by atoms with van der Waals surface area (Å²) in [5.41, 5.74) is 1.30. The monoisotopic (exact) mass is 270 g/mol. The van der Waals surface area contributed by atoms with E-state index >= 15 is 0 Å². The Bertz CT molecular complexity index is 726. The van der Waals surface area contributed by atoms with E-state index in [-0.39, 0.29) is 29.4 Å². The van der Waals surface area contributed by atoms with Gasteiger partial charge in [0.15, 0.2) is 0 Å². The molecule has 20 heavy (non-hydrogen) atoms. The van der Waals surface area contributed by atoms with Crippen molar-refractivity contribution in [3.05, 3.63) is 69.4 Å². The second kappa shape index (κ2) is 5.70. The van der Waals surface area contributed by atoms with Gasteiger partial charge in [-0.1, -0.05) is 26.0 Å². The Morgan fingerprint density at radius 3 is 2.65 bits per heavy atom. The predicted octanol–water partition coefficient (Wildman–Crippen LogP) is 3.03. The third-order valence-electron chi connectivity index (χ3n) is 3.15. The molecule has 0 fully saturated rings. The first kappa shape index (κ1) is 14.0. The standard InChI is InChI=1S/C16H15FN2O/c1-11(2)15-7-6-13(9-18)16(20)19(15)10-12-4-3-5-14(17)8-12/h3-8,11H,10H2,1-2H3. The van der Waals surface area contributed by atoms with Gasteiger partial charge < -0.3 is 4.57 Å². The molecule has 4 heteroatoms. The van der Waals surface area contributed by atoms with Gasteiger partial charge in [-0.2, -0.15) is 5.26 Å². The number of halogens is 1. The van der Waals surface area contributed by atoms with Crippen LogP contribution in [0.2, 0.25) is 0 Å². The van der Waals surface area contributed by atoms with Crippen LogP contribution in [0.3, 0.4) is 0 Å². The molecule has 0 N–H and O–H groups in total. The number of pyridine rings is 1. The topological polar surface area (TPSA) is 45.8 Å². The van der Waals surface area contributed by atoms with Crippen LogP contribution in [0.15, 0.2) is 41.2 Å². The van der Waals surface area contributed by atoms with Crippen molar-refractivity contribution >= 4 is 0 Å². The van der Waals surface area contributed by atoms with Crippen LogP contribution in [-0.4, -0.2) is 4.57 Å². The second-order valence-electron chi connectivity index (χ2n) is 4.96. The average Bonchev–Trinajstić information content (AvgIpc) is 2.40. The van der Waals surface area contributed by atoms with Crippen LogP contribution in [0.1, 0.15) is 36.6 Å². The van der Waals surface area contributed by atoms with Crippen molar-refractivity contribution in [2.75, 3.05) is 0 Å². The number of hydrogen-bond acceptors (Lipinski definition) is 2. The normalized spacial score (nSPS) is 10.6. The molecule has 2 rings (SSSR count). The Morgan fingerprint density at radius 1 is 1.30 bits per heavy atom. The van der Waals surface area contributed by atoms with E-state index in [2.05, 4.69) is 0 Å². The first-order valence-electron chi connectivity index (χ1n) is 6.41. The molecule has 0 aliphatic carbocycles. The molecule has 0 aliphatic heterocycles. The number of hydrogen-bond donors (Lipinski definition) is 0. The Morgan fingerprint density at radius 2 is 2.05 bits per heavy atom. The lowest BCUT2D eigenvalue weighted by molar-refractivity contribution is 0.617. The number of nitrogens with zero attached hydrogens (tertiary/aromatic N) is 2. The van der Waals surface area contributed by atoms with E-state index in [1.807, 2.05) is 19.9 Å². The Kier molecular flexibility index (Phi) is 3.99. The van der Waals surface area contributed by atoms with Crippen LogP contribution in [0, 0.1) is 17.1 Å². The van der Waals surface area contributed by atoms with Gasteiger partial charge in [0, 0.05) is 5.69 Å². The number of nitriles is 1. The van der Waals surface area contributed by atoms with Crippen molar-refractivity contribution in [3.8, 4) is 6.07 Å². The van der Waals surface area contributed by atoms with Gasteiger partial charge in [-0.05, 0) is 35.7 Å². The SMILES string of the molecule is CC(C)c1ccc(C#N)c(=O)n1Cc1cccc(F)c1. The molecule has 0 spiro atoms. The van der Waals surface area contributed by atoms with E-state index in [1.54, 1.807) is 24.3 Å². The highest BCUT2D eigenvalue weighted by atomic mass is 19.1. The van der Waals surface area contributed by atoms with E-state index in [1.165, 1.54) is 16.7 Å². The molecule has 0 amide bonds. The Hall–Kier alpha value is -2.41. The molecule has 2 aromatic rings. The fourth-order valence-electron chi connectivity index (χ4n) is 2.16. The number of aromatic nitrogens is 1. The quantitative estimate of drug-likeness (QED) is 0.860. The molecule has 0 bridgehead atoms. The highest BCUT2D eigenvalue weighted by Crippen LogP contribution is 2.15. The third-order valence-corrected chi connectivity index (χ3v) is 3.15. The van der Waals surface area contributed by atoms with Gasteiger partial charge in [0.05, 0.1) is 6.54 Å². The molecular formula is C16H15FN2O. The van der Waals surface area contributed by atoms with E-state index < -0.39 is 0 Å². The summed E-state index contributed by atoms with van der Waals surface area (Å²) in [4.78, 5) is 12.3. The molecule has 102 valence electrons. The van der Waals surface area contributed by atoms with Crippen LogP contribution < -0.4 is 5.56 Å². The van der Waals surface area contributed by atoms with E-state index in [0.717, 1.165) is 5.69 Å². The number of rotatable bonds is 3. The van der Waals surface area contributed by atoms with Crippen molar-refractivity contribution in [3.63, 3.8) is 0 Å². The zero-order valence-corrected chi connectivity index (χ0v) is 11.4. The smallest absolute Gasteiger partial charge is 0.268 e. The summed E-state index contributed by atoms with van der Waals surface area (Å²) < 4.78 is 14.8. The maximum Gasteiger partial charge on any atom is 0.268 e. The first-order valence-corrected chi connectivity index (χ1v) is 6.41. The van der Waals surface area contributed by atoms with Crippen molar-refractivity contribution in [2.24, 2.45) is 0 Å². The fourth-order valence-corrected chi connectivity index (χ4v) is 2.16. The largest absolute Gasteiger partial charge is 0.307 e. The van der Waals surface area contributed by atoms with Crippen LogP contribution in [-0.2, 0) is 6.54 Å². The van der Waals surface area contributed by atoms with Gasteiger partial charge in [0.25, 0.3) is 5.56 Å². The van der Waals surface area contributed by atoms with E-state index in [9.17, 15) is 9.18 Å². The van der Waals surface area contributed by atoms with Crippen LogP contribution in [0.4, 0.5) is 4.39 Å². The van der Waals surface area contributed by atoms with Crippen molar-refractivity contribution < 1.29 is 4.39 Å². The highest BCUT2D eigenvalue weighted by Gasteiger charge is 2.12. The van der Waals surface area contributed by atoms with Crippen molar-refractivity contribution in [2.45, 2.75) is 26.3 Å². The lowest BCUT2D eigenvalue weighted by atomic mass is 10.1. The third kappa shape index (κ3) is 2.77. The Labute approximate surface area is 116 Å². The minimum Gasteiger partial charge on any atom is -0.307 e. The molecule has 0 saturated heterocycles. The lowest BCUT2D eigenvalue weighted by Gasteiger charge is -2.16. The van der Waals surface area contributed by atoms with Gasteiger partial charge in [0.1, 0.15) is 17.4 Å². The molecule has 1 aromatic heterocycles. The van der Waals surface area contributed by atoms with Crippen LogP contribution >= 0.6 is 0 Å². The Balaban J connectivity index is 2.54. The van der Waals surface area contributed by atoms with Gasteiger partial charge in [-0.3, -0.25) is 4.79 Å². The van der Waals surface area contributed by atoms with Crippen LogP contribution in [0.25, 0.3) is 0 Å². The lowest BCUT2D eigenvalue weighted by Crippen LogP contribution is -2.26. The molecule has 0 aliphatic rings. The summed E-state index contributed by atoms with van der Waals surface area (Å²) in [6.07, 6.45) is 0. The molecule has 0 atom stereocenters. The summed E-state index contributed by atoms with van der Waals surface area (Å²) in [5, 5.41) is 8.96. The molecule has 0 radical (unpaired) electrons. The van der Waals surface area contributed by atoms with E-state index in [0.29, 0.717) is 5.56 Å². The van der Waals surface area contributed by atoms with Crippen LogP contribution in [0.5, 0.6) is 0 Å². The first-order chi connectivity index (χ1) is 9.52. The zero-order valence-electron chi connectivity index (χ0n) is 11.4. The van der Waals surface area contributed by atoms with Crippen molar-refractivity contribution in [1.29, 1.82) is 5.26 Å². The zero-order chi connectivity index (χ0) is 14.7. The summed E-state index contributed by atoms with van der Waals surface area (Å²) in [6.45, 7) is 4.21. The fraction of sp³-hybridized carbons (Fsp3) is 0.250. The predicted molar refractivity (Wildman–Crippen MR) is 75.0 cm³/mol. The maximum atomic E-state index is 13.2. The van der Waals surface area contributed by atoms with Gasteiger partial charge in [-0.15, -0.1) is 0 Å². The maximum absolute atomic E-state index is 13.2. The second-order valence-corrected chi connectivity index (χ2v) is 4.96. The van der Waals surface area contributed by atoms with Gasteiger partial charge in [0.2, 0.25) is 0 Å². The van der Waals surface area contributed by atoms with E-state index in [4.69, 9.17) is 5.26 Å². The van der Waals surface area contributed by atoms with Gasteiger partial charge >= 0.3 is 0 Å². The highest BCUT2D eigenvalue weighted by molar-refractivity contribution is 5.29. The minimum atomic E-state index is -0.335. The molecule has 3 nitrogen and oxygen atoms in total. The average molecular weight is 270 g/mol.